The van der Waals surface area contributed by atoms with Crippen LogP contribution in [0.4, 0.5) is 5.69 Å². The van der Waals surface area contributed by atoms with Crippen LogP contribution in [0.15, 0.2) is 60.0 Å². The van der Waals surface area contributed by atoms with E-state index in [0.29, 0.717) is 26.2 Å². The molecule has 2 aromatic rings. The van der Waals surface area contributed by atoms with Crippen molar-refractivity contribution >= 4 is 27.7 Å². The largest absolute Gasteiger partial charge is 0.325 e. The Labute approximate surface area is 172 Å². The van der Waals surface area contributed by atoms with Gasteiger partial charge in [-0.25, -0.2) is 8.42 Å². The van der Waals surface area contributed by atoms with Crippen molar-refractivity contribution in [2.45, 2.75) is 13.3 Å². The van der Waals surface area contributed by atoms with Gasteiger partial charge in [0.25, 0.3) is 0 Å². The van der Waals surface area contributed by atoms with Crippen molar-refractivity contribution in [1.29, 1.82) is 0 Å². The van der Waals surface area contributed by atoms with E-state index in [-0.39, 0.29) is 12.5 Å². The number of benzene rings is 2. The van der Waals surface area contributed by atoms with E-state index in [4.69, 9.17) is 0 Å². The zero-order chi connectivity index (χ0) is 20.7. The molecule has 3 rings (SSSR count). The smallest absolute Gasteiger partial charge is 0.238 e. The molecule has 0 atom stereocenters. The molecule has 0 aromatic heterocycles. The number of carbonyl (C=O) groups excluding carboxylic acids is 1. The lowest BCUT2D eigenvalue weighted by Gasteiger charge is -2.32. The molecule has 0 bridgehead atoms. The van der Waals surface area contributed by atoms with E-state index >= 15 is 0 Å². The van der Waals surface area contributed by atoms with Crippen LogP contribution in [-0.4, -0.2) is 56.3 Å². The maximum Gasteiger partial charge on any atom is 0.238 e. The Morgan fingerprint density at radius 1 is 1.00 bits per heavy atom. The quantitative estimate of drug-likeness (QED) is 0.758. The molecule has 154 valence electrons. The Bertz CT molecular complexity index is 933. The highest BCUT2D eigenvalue weighted by molar-refractivity contribution is 7.92. The van der Waals surface area contributed by atoms with Gasteiger partial charge in [0.15, 0.2) is 0 Å². The van der Waals surface area contributed by atoms with Gasteiger partial charge in [0, 0.05) is 37.3 Å². The number of nitrogens with zero attached hydrogens (tertiary/aromatic N) is 2. The molecule has 1 amide bonds. The second-order valence-corrected chi connectivity index (χ2v) is 8.85. The topological polar surface area (TPSA) is 69.7 Å². The highest BCUT2D eigenvalue weighted by Crippen LogP contribution is 2.13. The van der Waals surface area contributed by atoms with E-state index in [2.05, 4.69) is 12.2 Å². The van der Waals surface area contributed by atoms with Crippen LogP contribution in [0, 0.1) is 0 Å². The van der Waals surface area contributed by atoms with Gasteiger partial charge >= 0.3 is 0 Å². The first kappa shape index (κ1) is 21.2. The molecule has 0 radical (unpaired) electrons. The lowest BCUT2D eigenvalue weighted by Crippen LogP contribution is -2.49. The van der Waals surface area contributed by atoms with E-state index in [1.165, 1.54) is 15.3 Å². The molecular formula is C22H27N3O3S. The summed E-state index contributed by atoms with van der Waals surface area (Å²) in [5.41, 5.74) is 2.85. The minimum absolute atomic E-state index is 0.0884. The molecule has 1 fully saturated rings. The number of hydrogen-bond acceptors (Lipinski definition) is 4. The Morgan fingerprint density at radius 3 is 2.28 bits per heavy atom. The van der Waals surface area contributed by atoms with E-state index in [1.807, 2.05) is 59.5 Å². The Balaban J connectivity index is 1.48. The van der Waals surface area contributed by atoms with Gasteiger partial charge in [-0.2, -0.15) is 4.31 Å². The molecule has 6 nitrogen and oxygen atoms in total. The third-order valence-corrected chi connectivity index (χ3v) is 6.50. The van der Waals surface area contributed by atoms with Crippen molar-refractivity contribution in [1.82, 2.24) is 9.21 Å². The number of sulfonamides is 1. The van der Waals surface area contributed by atoms with Crippen LogP contribution in [0.3, 0.4) is 0 Å². The summed E-state index contributed by atoms with van der Waals surface area (Å²) >= 11 is 0. The highest BCUT2D eigenvalue weighted by atomic mass is 32.2. The zero-order valence-electron chi connectivity index (χ0n) is 16.6. The number of anilines is 1. The maximum atomic E-state index is 12.5. The zero-order valence-corrected chi connectivity index (χ0v) is 17.4. The second-order valence-electron chi connectivity index (χ2n) is 7.03. The third-order valence-electron chi connectivity index (χ3n) is 4.94. The van der Waals surface area contributed by atoms with Crippen molar-refractivity contribution in [3.05, 3.63) is 71.1 Å². The van der Waals surface area contributed by atoms with Gasteiger partial charge in [0.05, 0.1) is 6.54 Å². The molecule has 7 heteroatoms. The molecule has 1 aliphatic heterocycles. The Hall–Kier alpha value is -2.48. The molecule has 1 heterocycles. The number of amides is 1. The van der Waals surface area contributed by atoms with Crippen LogP contribution in [0.1, 0.15) is 18.1 Å². The fourth-order valence-electron chi connectivity index (χ4n) is 3.18. The number of nitrogens with one attached hydrogen (secondary N) is 1. The minimum atomic E-state index is -3.46. The van der Waals surface area contributed by atoms with E-state index in [1.54, 1.807) is 6.08 Å². The molecule has 0 spiro atoms. The molecule has 1 aliphatic rings. The van der Waals surface area contributed by atoms with Gasteiger partial charge in [-0.3, -0.25) is 9.69 Å². The van der Waals surface area contributed by atoms with Gasteiger partial charge in [-0.15, -0.1) is 0 Å². The highest BCUT2D eigenvalue weighted by Gasteiger charge is 2.25. The van der Waals surface area contributed by atoms with Crippen molar-refractivity contribution in [2.75, 3.05) is 38.0 Å². The summed E-state index contributed by atoms with van der Waals surface area (Å²) in [6, 6.07) is 17.2. The van der Waals surface area contributed by atoms with Gasteiger partial charge < -0.3 is 5.32 Å². The summed E-state index contributed by atoms with van der Waals surface area (Å²) in [5.74, 6) is -0.0884. The number of aryl methyl sites for hydroxylation is 1. The standard InChI is InChI=1S/C22H27N3O3S/c1-2-19-8-10-21(11-9-19)23-22(26)18-24-13-15-25(16-14-24)29(27,28)17-12-20-6-4-3-5-7-20/h3-12,17H,2,13-16,18H2,1H3,(H,23,26). The average molecular weight is 414 g/mol. The fraction of sp³-hybridized carbons (Fsp3) is 0.318. The van der Waals surface area contributed by atoms with Crippen molar-refractivity contribution in [2.24, 2.45) is 0 Å². The summed E-state index contributed by atoms with van der Waals surface area (Å²) in [7, 11) is -3.46. The SMILES string of the molecule is CCc1ccc(NC(=O)CN2CCN(S(=O)(=O)C=Cc3ccccc3)CC2)cc1. The number of carbonyl (C=O) groups is 1. The maximum absolute atomic E-state index is 12.5. The van der Waals surface area contributed by atoms with Crippen LogP contribution in [0.2, 0.25) is 0 Å². The predicted octanol–water partition coefficient (Wildman–Crippen LogP) is 2.81. The molecule has 1 saturated heterocycles. The van der Waals surface area contributed by atoms with Crippen LogP contribution in [0.5, 0.6) is 0 Å². The number of rotatable bonds is 7. The number of piperazine rings is 1. The molecule has 1 N–H and O–H groups in total. The third kappa shape index (κ3) is 6.25. The molecule has 29 heavy (non-hydrogen) atoms. The molecule has 2 aromatic carbocycles. The lowest BCUT2D eigenvalue weighted by molar-refractivity contribution is -0.117. The molecule has 0 unspecified atom stereocenters. The van der Waals surface area contributed by atoms with Gasteiger partial charge in [0.1, 0.15) is 0 Å². The summed E-state index contributed by atoms with van der Waals surface area (Å²) in [4.78, 5) is 14.3. The van der Waals surface area contributed by atoms with Crippen LogP contribution >= 0.6 is 0 Å². The average Bonchev–Trinajstić information content (AvgIpc) is 2.74. The van der Waals surface area contributed by atoms with Crippen LogP contribution < -0.4 is 5.32 Å². The lowest BCUT2D eigenvalue weighted by atomic mass is 10.1. The van der Waals surface area contributed by atoms with Crippen molar-refractivity contribution in [3.8, 4) is 0 Å². The van der Waals surface area contributed by atoms with Gasteiger partial charge in [0.2, 0.25) is 15.9 Å². The first-order valence-electron chi connectivity index (χ1n) is 9.81. The molecule has 0 aliphatic carbocycles. The van der Waals surface area contributed by atoms with E-state index in [0.717, 1.165) is 17.7 Å². The Kier molecular flexibility index (Phi) is 7.19. The predicted molar refractivity (Wildman–Crippen MR) is 117 cm³/mol. The normalized spacial score (nSPS) is 16.2. The number of hydrogen-bond donors (Lipinski definition) is 1. The van der Waals surface area contributed by atoms with Gasteiger partial charge in [-0.1, -0.05) is 49.4 Å². The summed E-state index contributed by atoms with van der Waals surface area (Å²) in [6.45, 7) is 4.15. The Morgan fingerprint density at radius 2 is 1.66 bits per heavy atom. The molecule has 0 saturated carbocycles. The second kappa shape index (κ2) is 9.82. The van der Waals surface area contributed by atoms with Crippen LogP contribution in [0.25, 0.3) is 6.08 Å². The minimum Gasteiger partial charge on any atom is -0.325 e. The van der Waals surface area contributed by atoms with E-state index in [9.17, 15) is 13.2 Å². The monoisotopic (exact) mass is 413 g/mol. The molecular weight excluding hydrogens is 386 g/mol. The fourth-order valence-corrected chi connectivity index (χ4v) is 4.36. The van der Waals surface area contributed by atoms with Gasteiger partial charge in [-0.05, 0) is 35.8 Å². The van der Waals surface area contributed by atoms with Crippen molar-refractivity contribution in [3.63, 3.8) is 0 Å². The summed E-state index contributed by atoms with van der Waals surface area (Å²) < 4.78 is 26.5. The summed E-state index contributed by atoms with van der Waals surface area (Å²) in [6.07, 6.45) is 2.57. The first-order chi connectivity index (χ1) is 14.0. The van der Waals surface area contributed by atoms with Crippen LogP contribution in [-0.2, 0) is 21.2 Å². The van der Waals surface area contributed by atoms with E-state index < -0.39 is 10.0 Å². The summed E-state index contributed by atoms with van der Waals surface area (Å²) in [5, 5.41) is 4.15. The first-order valence-corrected chi connectivity index (χ1v) is 11.3. The van der Waals surface area contributed by atoms with Crippen molar-refractivity contribution < 1.29 is 13.2 Å².